The minimum absolute atomic E-state index is 0.182. The molecule has 7 heteroatoms. The van der Waals surface area contributed by atoms with E-state index in [4.69, 9.17) is 4.74 Å². The molecule has 1 aliphatic rings. The Balaban J connectivity index is 1.34. The first kappa shape index (κ1) is 18.8. The summed E-state index contributed by atoms with van der Waals surface area (Å²) in [5, 5.41) is 11.5. The van der Waals surface area contributed by atoms with E-state index in [1.807, 2.05) is 40.8 Å². The summed E-state index contributed by atoms with van der Waals surface area (Å²) in [6, 6.07) is 14.2. The lowest BCUT2D eigenvalue weighted by molar-refractivity contribution is -0.129. The van der Waals surface area contributed by atoms with Gasteiger partial charge in [-0.25, -0.2) is 0 Å². The van der Waals surface area contributed by atoms with Crippen LogP contribution in [0.3, 0.4) is 0 Å². The van der Waals surface area contributed by atoms with Crippen LogP contribution in [-0.2, 0) is 18.4 Å². The van der Waals surface area contributed by atoms with Crippen molar-refractivity contribution in [1.82, 2.24) is 19.7 Å². The molecule has 1 aromatic heterocycles. The number of carbonyl (C=O) groups is 1. The number of carbonyl (C=O) groups excluding carboxylic acids is 1. The third-order valence-corrected chi connectivity index (χ3v) is 6.05. The molecule has 0 atom stereocenters. The van der Waals surface area contributed by atoms with Gasteiger partial charge in [0, 0.05) is 20.1 Å². The fourth-order valence-corrected chi connectivity index (χ4v) is 4.20. The fraction of sp³-hybridized carbons (Fsp3) is 0.381. The molecular formula is C21H24N4O2S. The molecule has 1 amide bonds. The summed E-state index contributed by atoms with van der Waals surface area (Å²) in [5.74, 6) is 2.12. The van der Waals surface area contributed by atoms with Gasteiger partial charge in [-0.2, -0.15) is 0 Å². The molecule has 0 radical (unpaired) electrons. The smallest absolute Gasteiger partial charge is 0.233 e. The minimum Gasteiger partial charge on any atom is -0.486 e. The molecule has 1 saturated heterocycles. The van der Waals surface area contributed by atoms with Crippen LogP contribution in [0.1, 0.15) is 25.1 Å². The average molecular weight is 397 g/mol. The van der Waals surface area contributed by atoms with E-state index in [1.54, 1.807) is 0 Å². The first-order valence-electron chi connectivity index (χ1n) is 9.61. The average Bonchev–Trinajstić information content (AvgIpc) is 3.10. The molecule has 28 heavy (non-hydrogen) atoms. The molecule has 0 unspecified atom stereocenters. The van der Waals surface area contributed by atoms with Crippen LogP contribution in [-0.4, -0.2) is 44.4 Å². The van der Waals surface area contributed by atoms with Crippen molar-refractivity contribution in [3.8, 4) is 5.75 Å². The van der Waals surface area contributed by atoms with E-state index in [1.165, 1.54) is 23.6 Å². The molecule has 0 saturated carbocycles. The molecule has 4 rings (SSSR count). The van der Waals surface area contributed by atoms with Gasteiger partial charge in [-0.05, 0) is 42.2 Å². The lowest BCUT2D eigenvalue weighted by atomic mass is 10.1. The van der Waals surface area contributed by atoms with Crippen molar-refractivity contribution in [2.24, 2.45) is 7.05 Å². The molecule has 3 aromatic rings. The third kappa shape index (κ3) is 4.30. The van der Waals surface area contributed by atoms with E-state index in [9.17, 15) is 4.79 Å². The van der Waals surface area contributed by atoms with E-state index >= 15 is 0 Å². The Morgan fingerprint density at radius 1 is 1.07 bits per heavy atom. The maximum atomic E-state index is 12.3. The highest BCUT2D eigenvalue weighted by Gasteiger charge is 2.18. The summed E-state index contributed by atoms with van der Waals surface area (Å²) in [4.78, 5) is 14.3. The standard InChI is InChI=1S/C21H24N4O2S/c1-24-19(14-27-18-10-9-16-7-3-4-8-17(16)13-18)22-23-21(24)28-15-20(26)25-11-5-2-6-12-25/h3-4,7-10,13H,2,5-6,11-12,14-15H2,1H3. The van der Waals surface area contributed by atoms with Crippen LogP contribution < -0.4 is 4.74 Å². The highest BCUT2D eigenvalue weighted by atomic mass is 32.2. The van der Waals surface area contributed by atoms with E-state index in [0.29, 0.717) is 12.4 Å². The van der Waals surface area contributed by atoms with Gasteiger partial charge in [-0.1, -0.05) is 42.1 Å². The van der Waals surface area contributed by atoms with Gasteiger partial charge in [0.15, 0.2) is 11.0 Å². The zero-order valence-corrected chi connectivity index (χ0v) is 16.8. The number of benzene rings is 2. The number of rotatable bonds is 6. The van der Waals surface area contributed by atoms with Crippen LogP contribution in [0.15, 0.2) is 47.6 Å². The van der Waals surface area contributed by atoms with E-state index in [-0.39, 0.29) is 5.91 Å². The van der Waals surface area contributed by atoms with Gasteiger partial charge in [0.2, 0.25) is 5.91 Å². The van der Waals surface area contributed by atoms with Crippen molar-refractivity contribution in [1.29, 1.82) is 0 Å². The molecule has 146 valence electrons. The van der Waals surface area contributed by atoms with E-state index in [0.717, 1.165) is 48.0 Å². The number of fused-ring (bicyclic) bond motifs is 1. The topological polar surface area (TPSA) is 60.2 Å². The second-order valence-electron chi connectivity index (χ2n) is 6.99. The summed E-state index contributed by atoms with van der Waals surface area (Å²) in [7, 11) is 1.91. The van der Waals surface area contributed by atoms with Gasteiger partial charge in [0.1, 0.15) is 12.4 Å². The molecule has 1 fully saturated rings. The van der Waals surface area contributed by atoms with Gasteiger partial charge < -0.3 is 14.2 Å². The number of hydrogen-bond acceptors (Lipinski definition) is 5. The number of amides is 1. The minimum atomic E-state index is 0.182. The number of piperidine rings is 1. The Hall–Kier alpha value is -2.54. The number of aromatic nitrogens is 3. The molecule has 0 bridgehead atoms. The molecule has 0 aliphatic carbocycles. The second kappa shape index (κ2) is 8.65. The number of likely N-dealkylation sites (tertiary alicyclic amines) is 1. The first-order chi connectivity index (χ1) is 13.7. The van der Waals surface area contributed by atoms with Crippen LogP contribution in [0, 0.1) is 0 Å². The lowest BCUT2D eigenvalue weighted by Gasteiger charge is -2.26. The molecular weight excluding hydrogens is 372 g/mol. The van der Waals surface area contributed by atoms with Gasteiger partial charge in [0.05, 0.1) is 5.75 Å². The van der Waals surface area contributed by atoms with E-state index in [2.05, 4.69) is 28.4 Å². The predicted octanol–water partition coefficient (Wildman–Crippen LogP) is 3.65. The number of ether oxygens (including phenoxy) is 1. The third-order valence-electron chi connectivity index (χ3n) is 5.05. The summed E-state index contributed by atoms with van der Waals surface area (Å²) in [5.41, 5.74) is 0. The zero-order chi connectivity index (χ0) is 19.3. The van der Waals surface area contributed by atoms with Crippen molar-refractivity contribution in [3.63, 3.8) is 0 Å². The number of nitrogens with zero attached hydrogens (tertiary/aromatic N) is 4. The quantitative estimate of drug-likeness (QED) is 0.595. The Labute approximate surface area is 168 Å². The van der Waals surface area contributed by atoms with E-state index < -0.39 is 0 Å². The normalized spacial score (nSPS) is 14.4. The number of hydrogen-bond donors (Lipinski definition) is 0. The van der Waals surface area contributed by atoms with Crippen molar-refractivity contribution in [2.75, 3.05) is 18.8 Å². The monoisotopic (exact) mass is 396 g/mol. The summed E-state index contributed by atoms with van der Waals surface area (Å²) < 4.78 is 7.81. The highest BCUT2D eigenvalue weighted by molar-refractivity contribution is 7.99. The summed E-state index contributed by atoms with van der Waals surface area (Å²) >= 11 is 1.44. The Kier molecular flexibility index (Phi) is 5.81. The predicted molar refractivity (Wildman–Crippen MR) is 110 cm³/mol. The fourth-order valence-electron chi connectivity index (χ4n) is 3.36. The number of thioether (sulfide) groups is 1. The largest absolute Gasteiger partial charge is 0.486 e. The van der Waals surface area contributed by atoms with Gasteiger partial charge in [-0.3, -0.25) is 4.79 Å². The Morgan fingerprint density at radius 2 is 1.86 bits per heavy atom. The van der Waals surface area contributed by atoms with Crippen LogP contribution in [0.25, 0.3) is 10.8 Å². The molecule has 6 nitrogen and oxygen atoms in total. The summed E-state index contributed by atoms with van der Waals surface area (Å²) in [6.07, 6.45) is 3.44. The molecule has 1 aliphatic heterocycles. The second-order valence-corrected chi connectivity index (χ2v) is 7.93. The molecule has 2 heterocycles. The first-order valence-corrected chi connectivity index (χ1v) is 10.6. The highest BCUT2D eigenvalue weighted by Crippen LogP contribution is 2.22. The molecule has 0 spiro atoms. The van der Waals surface area contributed by atoms with Gasteiger partial charge in [0.25, 0.3) is 0 Å². The van der Waals surface area contributed by atoms with Crippen molar-refractivity contribution < 1.29 is 9.53 Å². The Bertz CT molecular complexity index is 966. The molecule has 2 aromatic carbocycles. The van der Waals surface area contributed by atoms with Crippen molar-refractivity contribution in [3.05, 3.63) is 48.3 Å². The van der Waals surface area contributed by atoms with Crippen LogP contribution in [0.5, 0.6) is 5.75 Å². The summed E-state index contributed by atoms with van der Waals surface area (Å²) in [6.45, 7) is 2.09. The van der Waals surface area contributed by atoms with Crippen LogP contribution in [0.4, 0.5) is 0 Å². The van der Waals surface area contributed by atoms with Crippen LogP contribution >= 0.6 is 11.8 Å². The maximum absolute atomic E-state index is 12.3. The van der Waals surface area contributed by atoms with Gasteiger partial charge >= 0.3 is 0 Å². The lowest BCUT2D eigenvalue weighted by Crippen LogP contribution is -2.36. The maximum Gasteiger partial charge on any atom is 0.233 e. The Morgan fingerprint density at radius 3 is 2.68 bits per heavy atom. The SMILES string of the molecule is Cn1c(COc2ccc3ccccc3c2)nnc1SCC(=O)N1CCCCC1. The van der Waals surface area contributed by atoms with Crippen molar-refractivity contribution >= 4 is 28.4 Å². The van der Waals surface area contributed by atoms with Crippen molar-refractivity contribution in [2.45, 2.75) is 31.0 Å². The van der Waals surface area contributed by atoms with Gasteiger partial charge in [-0.15, -0.1) is 10.2 Å². The zero-order valence-electron chi connectivity index (χ0n) is 16.0. The van der Waals surface area contributed by atoms with Crippen LogP contribution in [0.2, 0.25) is 0 Å². The molecule has 0 N–H and O–H groups in total.